The maximum atomic E-state index is 6.29. The summed E-state index contributed by atoms with van der Waals surface area (Å²) in [6, 6.07) is 22.8. The number of rotatable bonds is 3. The van der Waals surface area contributed by atoms with Crippen molar-refractivity contribution in [1.29, 1.82) is 0 Å². The molecule has 0 aliphatic carbocycles. The van der Waals surface area contributed by atoms with Crippen LogP contribution in [0.2, 0.25) is 10.0 Å². The van der Waals surface area contributed by atoms with Crippen molar-refractivity contribution in [3.63, 3.8) is 0 Å². The van der Waals surface area contributed by atoms with Gasteiger partial charge in [0.2, 0.25) is 0 Å². The van der Waals surface area contributed by atoms with E-state index in [4.69, 9.17) is 27.9 Å². The minimum Gasteiger partial charge on any atom is -0.457 e. The molecule has 0 radical (unpaired) electrons. The number of halogens is 2. The lowest BCUT2D eigenvalue weighted by molar-refractivity contribution is 0.484. The molecule has 0 spiro atoms. The molecule has 104 valence electrons. The van der Waals surface area contributed by atoms with Crippen LogP contribution < -0.4 is 4.74 Å². The topological polar surface area (TPSA) is 9.23 Å². The summed E-state index contributed by atoms with van der Waals surface area (Å²) in [6.45, 7) is 0. The standard InChI is InChI=1S/C18H12Cl2O/c19-13-10-11-17(20)16(12-13)15-8-4-5-9-18(15)21-14-6-2-1-3-7-14/h1-12H. The van der Waals surface area contributed by atoms with Crippen molar-refractivity contribution in [2.45, 2.75) is 0 Å². The Bertz CT molecular complexity index is 754. The van der Waals surface area contributed by atoms with E-state index in [2.05, 4.69) is 0 Å². The zero-order chi connectivity index (χ0) is 14.7. The Balaban J connectivity index is 2.06. The fourth-order valence-corrected chi connectivity index (χ4v) is 2.49. The van der Waals surface area contributed by atoms with Gasteiger partial charge in [0.25, 0.3) is 0 Å². The van der Waals surface area contributed by atoms with E-state index < -0.39 is 0 Å². The van der Waals surface area contributed by atoms with Crippen molar-refractivity contribution < 1.29 is 4.74 Å². The second kappa shape index (κ2) is 6.21. The lowest BCUT2D eigenvalue weighted by Gasteiger charge is -2.12. The molecule has 0 N–H and O–H groups in total. The van der Waals surface area contributed by atoms with Gasteiger partial charge in [-0.25, -0.2) is 0 Å². The first kappa shape index (κ1) is 14.0. The molecule has 0 aliphatic rings. The molecule has 0 fully saturated rings. The Morgan fingerprint density at radius 2 is 1.38 bits per heavy atom. The van der Waals surface area contributed by atoms with Crippen LogP contribution in [-0.2, 0) is 0 Å². The normalized spacial score (nSPS) is 10.4. The number of para-hydroxylation sites is 2. The van der Waals surface area contributed by atoms with Crippen molar-refractivity contribution in [3.8, 4) is 22.6 Å². The van der Waals surface area contributed by atoms with Crippen LogP contribution in [-0.4, -0.2) is 0 Å². The molecule has 0 saturated carbocycles. The van der Waals surface area contributed by atoms with Crippen LogP contribution in [0.25, 0.3) is 11.1 Å². The van der Waals surface area contributed by atoms with E-state index in [1.807, 2.05) is 60.7 Å². The fourth-order valence-electron chi connectivity index (χ4n) is 2.10. The number of ether oxygens (including phenoxy) is 1. The molecule has 0 aliphatic heterocycles. The summed E-state index contributed by atoms with van der Waals surface area (Å²) in [5, 5.41) is 1.28. The summed E-state index contributed by atoms with van der Waals surface area (Å²) in [7, 11) is 0. The van der Waals surface area contributed by atoms with Gasteiger partial charge in [-0.3, -0.25) is 0 Å². The summed E-state index contributed by atoms with van der Waals surface area (Å²) in [4.78, 5) is 0. The van der Waals surface area contributed by atoms with Gasteiger partial charge >= 0.3 is 0 Å². The van der Waals surface area contributed by atoms with Gasteiger partial charge in [0.15, 0.2) is 0 Å². The van der Waals surface area contributed by atoms with Crippen molar-refractivity contribution >= 4 is 23.2 Å². The van der Waals surface area contributed by atoms with E-state index in [0.29, 0.717) is 10.0 Å². The summed E-state index contributed by atoms with van der Waals surface area (Å²) in [6.07, 6.45) is 0. The van der Waals surface area contributed by atoms with Gasteiger partial charge in [-0.15, -0.1) is 0 Å². The SMILES string of the molecule is Clc1ccc(Cl)c(-c2ccccc2Oc2ccccc2)c1. The van der Waals surface area contributed by atoms with Gasteiger partial charge in [-0.1, -0.05) is 59.6 Å². The summed E-state index contributed by atoms with van der Waals surface area (Å²) >= 11 is 12.4. The maximum absolute atomic E-state index is 6.29. The molecular weight excluding hydrogens is 303 g/mol. The summed E-state index contributed by atoms with van der Waals surface area (Å²) < 4.78 is 5.96. The van der Waals surface area contributed by atoms with Crippen LogP contribution in [0.4, 0.5) is 0 Å². The maximum Gasteiger partial charge on any atom is 0.135 e. The Hall–Kier alpha value is -1.96. The molecule has 3 aromatic carbocycles. The molecule has 0 saturated heterocycles. The van der Waals surface area contributed by atoms with E-state index in [1.165, 1.54) is 0 Å². The molecule has 3 aromatic rings. The second-order valence-electron chi connectivity index (χ2n) is 4.54. The Morgan fingerprint density at radius 3 is 2.19 bits per heavy atom. The van der Waals surface area contributed by atoms with Crippen LogP contribution in [0, 0.1) is 0 Å². The summed E-state index contributed by atoms with van der Waals surface area (Å²) in [5.74, 6) is 1.52. The van der Waals surface area contributed by atoms with Gasteiger partial charge in [-0.05, 0) is 36.4 Å². The highest BCUT2D eigenvalue weighted by molar-refractivity contribution is 6.35. The van der Waals surface area contributed by atoms with E-state index in [9.17, 15) is 0 Å². The zero-order valence-corrected chi connectivity index (χ0v) is 12.6. The number of hydrogen-bond donors (Lipinski definition) is 0. The van der Waals surface area contributed by atoms with Crippen molar-refractivity contribution in [3.05, 3.63) is 82.8 Å². The Kier molecular flexibility index (Phi) is 4.14. The third-order valence-corrected chi connectivity index (χ3v) is 3.64. The first-order chi connectivity index (χ1) is 10.2. The van der Waals surface area contributed by atoms with Crippen molar-refractivity contribution in [2.24, 2.45) is 0 Å². The molecule has 0 atom stereocenters. The first-order valence-electron chi connectivity index (χ1n) is 6.51. The minimum atomic E-state index is 0.642. The lowest BCUT2D eigenvalue weighted by atomic mass is 10.0. The average molecular weight is 315 g/mol. The van der Waals surface area contributed by atoms with Crippen molar-refractivity contribution in [1.82, 2.24) is 0 Å². The smallest absolute Gasteiger partial charge is 0.135 e. The molecular formula is C18H12Cl2O. The predicted molar refractivity (Wildman–Crippen MR) is 88.4 cm³/mol. The van der Waals surface area contributed by atoms with Gasteiger partial charge < -0.3 is 4.74 Å². The van der Waals surface area contributed by atoms with Crippen LogP contribution in [0.3, 0.4) is 0 Å². The quantitative estimate of drug-likeness (QED) is 0.539. The highest BCUT2D eigenvalue weighted by Gasteiger charge is 2.10. The fraction of sp³-hybridized carbons (Fsp3) is 0. The van der Waals surface area contributed by atoms with E-state index in [-0.39, 0.29) is 0 Å². The first-order valence-corrected chi connectivity index (χ1v) is 7.27. The molecule has 3 heteroatoms. The van der Waals surface area contributed by atoms with E-state index >= 15 is 0 Å². The molecule has 1 nitrogen and oxygen atoms in total. The van der Waals surface area contributed by atoms with Crippen LogP contribution in [0.15, 0.2) is 72.8 Å². The highest BCUT2D eigenvalue weighted by Crippen LogP contribution is 2.38. The van der Waals surface area contributed by atoms with E-state index in [0.717, 1.165) is 22.6 Å². The molecule has 0 bridgehead atoms. The highest BCUT2D eigenvalue weighted by atomic mass is 35.5. The zero-order valence-electron chi connectivity index (χ0n) is 11.1. The van der Waals surface area contributed by atoms with Crippen LogP contribution >= 0.6 is 23.2 Å². The van der Waals surface area contributed by atoms with Crippen LogP contribution in [0.1, 0.15) is 0 Å². The molecule has 0 unspecified atom stereocenters. The van der Waals surface area contributed by atoms with Gasteiger partial charge in [0.1, 0.15) is 11.5 Å². The average Bonchev–Trinajstić information content (AvgIpc) is 2.51. The number of benzene rings is 3. The van der Waals surface area contributed by atoms with E-state index in [1.54, 1.807) is 12.1 Å². The van der Waals surface area contributed by atoms with Gasteiger partial charge in [0, 0.05) is 21.2 Å². The summed E-state index contributed by atoms with van der Waals surface area (Å²) in [5.41, 5.74) is 1.77. The number of hydrogen-bond acceptors (Lipinski definition) is 1. The Morgan fingerprint density at radius 1 is 0.667 bits per heavy atom. The molecule has 0 heterocycles. The Labute approximate surface area is 133 Å². The van der Waals surface area contributed by atoms with Crippen LogP contribution in [0.5, 0.6) is 11.5 Å². The van der Waals surface area contributed by atoms with Gasteiger partial charge in [-0.2, -0.15) is 0 Å². The third kappa shape index (κ3) is 3.21. The lowest BCUT2D eigenvalue weighted by Crippen LogP contribution is -1.88. The molecule has 21 heavy (non-hydrogen) atoms. The third-order valence-electron chi connectivity index (χ3n) is 3.08. The second-order valence-corrected chi connectivity index (χ2v) is 5.38. The van der Waals surface area contributed by atoms with Crippen molar-refractivity contribution in [2.75, 3.05) is 0 Å². The monoisotopic (exact) mass is 314 g/mol. The predicted octanol–water partition coefficient (Wildman–Crippen LogP) is 6.45. The minimum absolute atomic E-state index is 0.642. The molecule has 0 amide bonds. The molecule has 3 rings (SSSR count). The largest absolute Gasteiger partial charge is 0.457 e. The molecule has 0 aromatic heterocycles. The van der Waals surface area contributed by atoms with Gasteiger partial charge in [0.05, 0.1) is 0 Å².